The van der Waals surface area contributed by atoms with Gasteiger partial charge in [-0.05, 0) is 22.0 Å². The van der Waals surface area contributed by atoms with Gasteiger partial charge in [-0.1, -0.05) is 0 Å². The largest absolute Gasteiger partial charge is 0.326 e. The highest BCUT2D eigenvalue weighted by Gasteiger charge is 2.06. The molecule has 1 N–H and O–H groups in total. The van der Waals surface area contributed by atoms with Crippen molar-refractivity contribution in [1.82, 2.24) is 9.55 Å². The smallest absolute Gasteiger partial charge is 0.305 e. The SMILES string of the molecule is Cn1c(=O)[nH]c2cc(F)c(Br)cc21. The van der Waals surface area contributed by atoms with Crippen LogP contribution in [0.15, 0.2) is 21.4 Å². The van der Waals surface area contributed by atoms with Crippen LogP contribution < -0.4 is 5.69 Å². The van der Waals surface area contributed by atoms with Gasteiger partial charge in [-0.15, -0.1) is 0 Å². The average molecular weight is 245 g/mol. The number of hydrogen-bond acceptors (Lipinski definition) is 1. The lowest BCUT2D eigenvalue weighted by Gasteiger charge is -1.95. The molecule has 0 amide bonds. The highest BCUT2D eigenvalue weighted by Crippen LogP contribution is 2.20. The van der Waals surface area contributed by atoms with Crippen LogP contribution in [0, 0.1) is 5.82 Å². The maximum absolute atomic E-state index is 13.0. The molecule has 2 rings (SSSR count). The van der Waals surface area contributed by atoms with Gasteiger partial charge in [0.2, 0.25) is 0 Å². The fourth-order valence-corrected chi connectivity index (χ4v) is 1.55. The van der Waals surface area contributed by atoms with Crippen LogP contribution in [-0.4, -0.2) is 9.55 Å². The first-order valence-electron chi connectivity index (χ1n) is 3.63. The van der Waals surface area contributed by atoms with Gasteiger partial charge in [-0.25, -0.2) is 9.18 Å². The number of aromatic amines is 1. The molecule has 0 saturated heterocycles. The van der Waals surface area contributed by atoms with E-state index in [1.54, 1.807) is 13.1 Å². The Morgan fingerprint density at radius 1 is 1.54 bits per heavy atom. The van der Waals surface area contributed by atoms with Crippen LogP contribution in [0.3, 0.4) is 0 Å². The predicted octanol–water partition coefficient (Wildman–Crippen LogP) is 1.77. The summed E-state index contributed by atoms with van der Waals surface area (Å²) in [4.78, 5) is 13.7. The zero-order valence-corrected chi connectivity index (χ0v) is 8.35. The van der Waals surface area contributed by atoms with Crippen molar-refractivity contribution in [1.29, 1.82) is 0 Å². The summed E-state index contributed by atoms with van der Waals surface area (Å²) < 4.78 is 14.8. The van der Waals surface area contributed by atoms with E-state index in [9.17, 15) is 9.18 Å². The van der Waals surface area contributed by atoms with E-state index in [4.69, 9.17) is 0 Å². The molecule has 0 saturated carbocycles. The predicted molar refractivity (Wildman–Crippen MR) is 51.2 cm³/mol. The summed E-state index contributed by atoms with van der Waals surface area (Å²) in [5, 5.41) is 0. The molecular formula is C8H6BrFN2O. The summed E-state index contributed by atoms with van der Waals surface area (Å²) in [5.74, 6) is -0.380. The van der Waals surface area contributed by atoms with Crippen LogP contribution in [-0.2, 0) is 7.05 Å². The van der Waals surface area contributed by atoms with Crippen LogP contribution in [0.25, 0.3) is 11.0 Å². The number of aryl methyl sites for hydroxylation is 1. The second-order valence-corrected chi connectivity index (χ2v) is 3.63. The Morgan fingerprint density at radius 2 is 2.23 bits per heavy atom. The van der Waals surface area contributed by atoms with Crippen molar-refractivity contribution < 1.29 is 4.39 Å². The van der Waals surface area contributed by atoms with E-state index in [0.717, 1.165) is 0 Å². The van der Waals surface area contributed by atoms with Gasteiger partial charge in [0.25, 0.3) is 0 Å². The monoisotopic (exact) mass is 244 g/mol. The highest BCUT2D eigenvalue weighted by atomic mass is 79.9. The lowest BCUT2D eigenvalue weighted by Crippen LogP contribution is -2.11. The Bertz CT molecular complexity index is 529. The second kappa shape index (κ2) is 2.70. The van der Waals surface area contributed by atoms with Gasteiger partial charge in [0.05, 0.1) is 15.5 Å². The van der Waals surface area contributed by atoms with Crippen LogP contribution in [0.1, 0.15) is 0 Å². The first kappa shape index (κ1) is 8.50. The van der Waals surface area contributed by atoms with Gasteiger partial charge in [-0.2, -0.15) is 0 Å². The first-order valence-corrected chi connectivity index (χ1v) is 4.42. The van der Waals surface area contributed by atoms with E-state index in [0.29, 0.717) is 15.5 Å². The molecule has 0 aliphatic carbocycles. The van der Waals surface area contributed by atoms with E-state index in [2.05, 4.69) is 20.9 Å². The lowest BCUT2D eigenvalue weighted by molar-refractivity contribution is 0.623. The quantitative estimate of drug-likeness (QED) is 0.754. The minimum atomic E-state index is -0.380. The Balaban J connectivity index is 2.97. The number of fused-ring (bicyclic) bond motifs is 1. The Hall–Kier alpha value is -1.10. The van der Waals surface area contributed by atoms with Crippen molar-refractivity contribution in [2.45, 2.75) is 0 Å². The maximum Gasteiger partial charge on any atom is 0.326 e. The van der Waals surface area contributed by atoms with E-state index in [1.807, 2.05) is 0 Å². The third kappa shape index (κ3) is 1.19. The number of benzene rings is 1. The molecule has 68 valence electrons. The molecule has 1 heterocycles. The van der Waals surface area contributed by atoms with Crippen LogP contribution in [0.2, 0.25) is 0 Å². The average Bonchev–Trinajstić information content (AvgIpc) is 2.32. The normalized spacial score (nSPS) is 11.0. The van der Waals surface area contributed by atoms with Crippen molar-refractivity contribution in [2.24, 2.45) is 7.05 Å². The molecule has 1 aromatic heterocycles. The standard InChI is InChI=1S/C8H6BrFN2O/c1-12-7-2-4(9)5(10)3-6(7)11-8(12)13/h2-3H,1H3,(H,11,13). The summed E-state index contributed by atoms with van der Waals surface area (Å²) in [6.07, 6.45) is 0. The summed E-state index contributed by atoms with van der Waals surface area (Å²) >= 11 is 3.06. The summed E-state index contributed by atoms with van der Waals surface area (Å²) in [5.41, 5.74) is 0.943. The van der Waals surface area contributed by atoms with Crippen LogP contribution in [0.4, 0.5) is 4.39 Å². The summed E-state index contributed by atoms with van der Waals surface area (Å²) in [6.45, 7) is 0. The number of H-pyrrole nitrogens is 1. The number of nitrogens with zero attached hydrogens (tertiary/aromatic N) is 1. The zero-order valence-electron chi connectivity index (χ0n) is 6.77. The molecule has 0 spiro atoms. The van der Waals surface area contributed by atoms with Gasteiger partial charge >= 0.3 is 5.69 Å². The number of halogens is 2. The lowest BCUT2D eigenvalue weighted by atomic mass is 10.3. The molecule has 2 aromatic rings. The number of aromatic nitrogens is 2. The van der Waals surface area contributed by atoms with E-state index in [1.165, 1.54) is 10.6 Å². The molecule has 5 heteroatoms. The molecule has 1 aromatic carbocycles. The molecule has 0 radical (unpaired) electrons. The van der Waals surface area contributed by atoms with E-state index >= 15 is 0 Å². The minimum Gasteiger partial charge on any atom is -0.305 e. The van der Waals surface area contributed by atoms with Crippen molar-refractivity contribution in [2.75, 3.05) is 0 Å². The molecule has 0 fully saturated rings. The fourth-order valence-electron chi connectivity index (χ4n) is 1.22. The molecule has 0 aliphatic heterocycles. The third-order valence-corrected chi connectivity index (χ3v) is 2.55. The number of hydrogen-bond donors (Lipinski definition) is 1. The van der Waals surface area contributed by atoms with Crippen molar-refractivity contribution in [3.63, 3.8) is 0 Å². The Kier molecular flexibility index (Phi) is 1.76. The topological polar surface area (TPSA) is 37.8 Å². The van der Waals surface area contributed by atoms with Gasteiger partial charge < -0.3 is 4.98 Å². The van der Waals surface area contributed by atoms with Gasteiger partial charge in [-0.3, -0.25) is 4.57 Å². The van der Waals surface area contributed by atoms with E-state index < -0.39 is 0 Å². The van der Waals surface area contributed by atoms with Gasteiger partial charge in [0.15, 0.2) is 0 Å². The number of nitrogens with one attached hydrogen (secondary N) is 1. The summed E-state index contributed by atoms with van der Waals surface area (Å²) in [7, 11) is 1.63. The molecule has 0 bridgehead atoms. The number of rotatable bonds is 0. The Morgan fingerprint density at radius 3 is 2.92 bits per heavy atom. The van der Waals surface area contributed by atoms with Crippen molar-refractivity contribution in [3.05, 3.63) is 32.9 Å². The van der Waals surface area contributed by atoms with Crippen LogP contribution >= 0.6 is 15.9 Å². The summed E-state index contributed by atoms with van der Waals surface area (Å²) in [6, 6.07) is 2.86. The fraction of sp³-hybridized carbons (Fsp3) is 0.125. The molecule has 3 nitrogen and oxygen atoms in total. The Labute approximate surface area is 81.3 Å². The second-order valence-electron chi connectivity index (χ2n) is 2.77. The van der Waals surface area contributed by atoms with Gasteiger partial charge in [0.1, 0.15) is 5.82 Å². The molecule has 13 heavy (non-hydrogen) atoms. The molecular weight excluding hydrogens is 239 g/mol. The van der Waals surface area contributed by atoms with Crippen molar-refractivity contribution in [3.8, 4) is 0 Å². The highest BCUT2D eigenvalue weighted by molar-refractivity contribution is 9.10. The van der Waals surface area contributed by atoms with Gasteiger partial charge in [0, 0.05) is 13.1 Å². The molecule has 0 unspecified atom stereocenters. The number of imidazole rings is 1. The maximum atomic E-state index is 13.0. The first-order chi connectivity index (χ1) is 6.09. The van der Waals surface area contributed by atoms with Crippen molar-refractivity contribution >= 4 is 27.0 Å². The molecule has 0 atom stereocenters. The zero-order chi connectivity index (χ0) is 9.59. The molecule has 0 aliphatic rings. The van der Waals surface area contributed by atoms with Crippen LogP contribution in [0.5, 0.6) is 0 Å². The minimum absolute atomic E-state index is 0.243. The van der Waals surface area contributed by atoms with E-state index in [-0.39, 0.29) is 11.5 Å². The third-order valence-electron chi connectivity index (χ3n) is 1.95.